The highest BCUT2D eigenvalue weighted by atomic mass is 35.5. The Morgan fingerprint density at radius 2 is 2.35 bits per heavy atom. The largest absolute Gasteiger partial charge is 0.383 e. The van der Waals surface area contributed by atoms with E-state index in [0.717, 1.165) is 0 Å². The molecule has 0 saturated carbocycles. The van der Waals surface area contributed by atoms with Crippen LogP contribution < -0.4 is 0 Å². The molecule has 0 aliphatic rings. The summed E-state index contributed by atoms with van der Waals surface area (Å²) in [5.74, 6) is -0.103. The number of rotatable bonds is 6. The molecule has 0 unspecified atom stereocenters. The Hall–Kier alpha value is -1.09. The van der Waals surface area contributed by atoms with E-state index in [2.05, 4.69) is 0 Å². The fourth-order valence-corrected chi connectivity index (χ4v) is 2.30. The van der Waals surface area contributed by atoms with Crippen LogP contribution in [0.5, 0.6) is 0 Å². The maximum absolute atomic E-state index is 12.1. The maximum atomic E-state index is 12.1. The summed E-state index contributed by atoms with van der Waals surface area (Å²) < 4.78 is 5.53. The molecule has 0 bridgehead atoms. The Morgan fingerprint density at radius 3 is 2.88 bits per heavy atom. The van der Waals surface area contributed by atoms with Gasteiger partial charge in [-0.2, -0.15) is 5.26 Å². The standard InChI is InChI=1S/C11H13ClN2O2S/c1-16-8-7-14(6-2-5-13)11(15)9-3-4-10(12)17-9/h3-4H,2,6-8H2,1H3. The minimum Gasteiger partial charge on any atom is -0.383 e. The molecule has 6 heteroatoms. The number of carbonyl (C=O) groups excluding carboxylic acids is 1. The summed E-state index contributed by atoms with van der Waals surface area (Å²) in [6.45, 7) is 1.34. The maximum Gasteiger partial charge on any atom is 0.264 e. The highest BCUT2D eigenvalue weighted by Crippen LogP contribution is 2.22. The summed E-state index contributed by atoms with van der Waals surface area (Å²) in [5, 5.41) is 8.56. The lowest BCUT2D eigenvalue weighted by molar-refractivity contribution is 0.0704. The fraction of sp³-hybridized carbons (Fsp3) is 0.455. The van der Waals surface area contributed by atoms with E-state index in [1.54, 1.807) is 24.1 Å². The second kappa shape index (κ2) is 7.28. The van der Waals surface area contributed by atoms with Gasteiger partial charge in [-0.05, 0) is 12.1 Å². The third-order valence-corrected chi connectivity index (χ3v) is 3.35. The molecular weight excluding hydrogens is 260 g/mol. The summed E-state index contributed by atoms with van der Waals surface area (Å²) in [6, 6.07) is 5.42. The SMILES string of the molecule is COCCN(CCC#N)C(=O)c1ccc(Cl)s1. The normalized spacial score (nSPS) is 9.94. The summed E-state index contributed by atoms with van der Waals surface area (Å²) in [4.78, 5) is 14.3. The van der Waals surface area contributed by atoms with Gasteiger partial charge in [0.1, 0.15) is 0 Å². The first-order chi connectivity index (χ1) is 8.19. The molecule has 1 rings (SSSR count). The molecule has 1 heterocycles. The zero-order valence-corrected chi connectivity index (χ0v) is 11.1. The van der Waals surface area contributed by atoms with Crippen LogP contribution in [0.1, 0.15) is 16.1 Å². The molecule has 0 aromatic carbocycles. The van der Waals surface area contributed by atoms with Gasteiger partial charge in [-0.1, -0.05) is 11.6 Å². The van der Waals surface area contributed by atoms with Crippen LogP contribution in [0.25, 0.3) is 0 Å². The van der Waals surface area contributed by atoms with Gasteiger partial charge >= 0.3 is 0 Å². The predicted octanol–water partition coefficient (Wildman–Crippen LogP) is 2.40. The van der Waals surface area contributed by atoms with Gasteiger partial charge in [0.05, 0.1) is 28.3 Å². The molecule has 17 heavy (non-hydrogen) atoms. The van der Waals surface area contributed by atoms with Crippen molar-refractivity contribution in [1.82, 2.24) is 4.90 Å². The minimum absolute atomic E-state index is 0.103. The molecule has 0 spiro atoms. The number of halogens is 1. The van der Waals surface area contributed by atoms with Gasteiger partial charge in [0.15, 0.2) is 0 Å². The van der Waals surface area contributed by atoms with Gasteiger partial charge < -0.3 is 9.64 Å². The number of nitrogens with zero attached hydrogens (tertiary/aromatic N) is 2. The van der Waals surface area contributed by atoms with Crippen LogP contribution >= 0.6 is 22.9 Å². The van der Waals surface area contributed by atoms with E-state index < -0.39 is 0 Å². The number of methoxy groups -OCH3 is 1. The Balaban J connectivity index is 2.68. The van der Waals surface area contributed by atoms with Gasteiger partial charge in [-0.3, -0.25) is 4.79 Å². The number of ether oxygens (including phenoxy) is 1. The Morgan fingerprint density at radius 1 is 1.59 bits per heavy atom. The molecule has 0 aliphatic heterocycles. The van der Waals surface area contributed by atoms with Crippen LogP contribution in [0.4, 0.5) is 0 Å². The lowest BCUT2D eigenvalue weighted by Gasteiger charge is -2.20. The molecule has 1 aromatic heterocycles. The smallest absolute Gasteiger partial charge is 0.264 e. The number of carbonyl (C=O) groups is 1. The quantitative estimate of drug-likeness (QED) is 0.799. The topological polar surface area (TPSA) is 53.3 Å². The zero-order valence-electron chi connectivity index (χ0n) is 9.48. The van der Waals surface area contributed by atoms with Crippen molar-refractivity contribution in [2.24, 2.45) is 0 Å². The minimum atomic E-state index is -0.103. The second-order valence-corrected chi connectivity index (χ2v) is 5.01. The number of hydrogen-bond donors (Lipinski definition) is 0. The molecule has 0 radical (unpaired) electrons. The van der Waals surface area contributed by atoms with E-state index in [1.807, 2.05) is 6.07 Å². The average molecular weight is 273 g/mol. The van der Waals surface area contributed by atoms with E-state index >= 15 is 0 Å². The third kappa shape index (κ3) is 4.35. The van der Waals surface area contributed by atoms with Crippen LogP contribution in [0.15, 0.2) is 12.1 Å². The summed E-state index contributed by atoms with van der Waals surface area (Å²) >= 11 is 7.03. The molecule has 0 saturated heterocycles. The number of thiophene rings is 1. The summed E-state index contributed by atoms with van der Waals surface area (Å²) in [6.07, 6.45) is 0.314. The first-order valence-electron chi connectivity index (χ1n) is 5.09. The van der Waals surface area contributed by atoms with Crippen LogP contribution in [0.2, 0.25) is 4.34 Å². The average Bonchev–Trinajstić information content (AvgIpc) is 2.75. The highest BCUT2D eigenvalue weighted by Gasteiger charge is 2.16. The van der Waals surface area contributed by atoms with Gasteiger partial charge in [0, 0.05) is 20.2 Å². The molecule has 92 valence electrons. The first kappa shape index (κ1) is 14.0. The molecule has 4 nitrogen and oxygen atoms in total. The van der Waals surface area contributed by atoms with Crippen molar-refractivity contribution in [3.63, 3.8) is 0 Å². The molecule has 0 N–H and O–H groups in total. The van der Waals surface area contributed by atoms with Crippen LogP contribution in [-0.2, 0) is 4.74 Å². The summed E-state index contributed by atoms with van der Waals surface area (Å²) in [7, 11) is 1.58. The van der Waals surface area contributed by atoms with E-state index in [-0.39, 0.29) is 5.91 Å². The third-order valence-electron chi connectivity index (χ3n) is 2.13. The second-order valence-electron chi connectivity index (χ2n) is 3.30. The van der Waals surface area contributed by atoms with E-state index in [9.17, 15) is 4.79 Å². The van der Waals surface area contributed by atoms with Crippen molar-refractivity contribution in [3.05, 3.63) is 21.3 Å². The highest BCUT2D eigenvalue weighted by molar-refractivity contribution is 7.17. The Labute approximate surface area is 109 Å². The fourth-order valence-electron chi connectivity index (χ4n) is 1.29. The molecule has 1 amide bonds. The first-order valence-corrected chi connectivity index (χ1v) is 6.29. The van der Waals surface area contributed by atoms with Crippen molar-refractivity contribution in [3.8, 4) is 6.07 Å². The van der Waals surface area contributed by atoms with Crippen LogP contribution in [0.3, 0.4) is 0 Å². The van der Waals surface area contributed by atoms with E-state index in [4.69, 9.17) is 21.6 Å². The van der Waals surface area contributed by atoms with Gasteiger partial charge in [0.25, 0.3) is 5.91 Å². The Bertz CT molecular complexity index is 414. The Kier molecular flexibility index (Phi) is 5.98. The van der Waals surface area contributed by atoms with Gasteiger partial charge in [0.2, 0.25) is 0 Å². The number of amides is 1. The molecule has 0 atom stereocenters. The van der Waals surface area contributed by atoms with Crippen LogP contribution in [-0.4, -0.2) is 37.6 Å². The zero-order chi connectivity index (χ0) is 12.7. The molecule has 0 fully saturated rings. The van der Waals surface area contributed by atoms with Crippen molar-refractivity contribution >= 4 is 28.8 Å². The molecule has 1 aromatic rings. The van der Waals surface area contributed by atoms with Crippen molar-refractivity contribution in [2.75, 3.05) is 26.8 Å². The van der Waals surface area contributed by atoms with E-state index in [0.29, 0.717) is 35.3 Å². The van der Waals surface area contributed by atoms with Crippen molar-refractivity contribution < 1.29 is 9.53 Å². The van der Waals surface area contributed by atoms with Crippen molar-refractivity contribution in [2.45, 2.75) is 6.42 Å². The molecule has 0 aliphatic carbocycles. The lowest BCUT2D eigenvalue weighted by Crippen LogP contribution is -2.34. The molecular formula is C11H13ClN2O2S. The predicted molar refractivity (Wildman–Crippen MR) is 67.3 cm³/mol. The lowest BCUT2D eigenvalue weighted by atomic mass is 10.3. The number of nitriles is 1. The van der Waals surface area contributed by atoms with Gasteiger partial charge in [-0.15, -0.1) is 11.3 Å². The van der Waals surface area contributed by atoms with Gasteiger partial charge in [-0.25, -0.2) is 0 Å². The summed E-state index contributed by atoms with van der Waals surface area (Å²) in [5.41, 5.74) is 0. The number of hydrogen-bond acceptors (Lipinski definition) is 4. The monoisotopic (exact) mass is 272 g/mol. The van der Waals surface area contributed by atoms with E-state index in [1.165, 1.54) is 11.3 Å². The van der Waals surface area contributed by atoms with Crippen molar-refractivity contribution in [1.29, 1.82) is 5.26 Å². The van der Waals surface area contributed by atoms with Crippen LogP contribution in [0, 0.1) is 11.3 Å².